The van der Waals surface area contributed by atoms with Crippen LogP contribution in [0.25, 0.3) is 11.3 Å². The van der Waals surface area contributed by atoms with Crippen molar-refractivity contribution in [2.24, 2.45) is 0 Å². The highest BCUT2D eigenvalue weighted by atomic mass is 35.5. The molecule has 0 atom stereocenters. The van der Waals surface area contributed by atoms with Gasteiger partial charge >= 0.3 is 5.69 Å². The molecule has 0 saturated carbocycles. The van der Waals surface area contributed by atoms with Gasteiger partial charge in [0, 0.05) is 6.54 Å². The first kappa shape index (κ1) is 9.01. The minimum Gasteiger partial charge on any atom is -0.368 e. The van der Waals surface area contributed by atoms with Gasteiger partial charge in [-0.25, -0.2) is 14.8 Å². The van der Waals surface area contributed by atoms with Crippen LogP contribution in [0.2, 0.25) is 5.15 Å². The number of hydrogen-bond donors (Lipinski definition) is 3. The Morgan fingerprint density at radius 2 is 2.00 bits per heavy atom. The summed E-state index contributed by atoms with van der Waals surface area (Å²) in [5.74, 6) is 0.469. The number of hydrogen-bond acceptors (Lipinski definition) is 4. The Hall–Kier alpha value is -1.56. The molecule has 3 N–H and O–H groups in total. The molecular weight excluding hydrogens is 206 g/mol. The van der Waals surface area contributed by atoms with E-state index < -0.39 is 0 Å². The number of nitrogens with one attached hydrogen (secondary N) is 3. The van der Waals surface area contributed by atoms with E-state index >= 15 is 0 Å². The van der Waals surface area contributed by atoms with Crippen LogP contribution < -0.4 is 11.0 Å². The summed E-state index contributed by atoms with van der Waals surface area (Å²) in [6, 6.07) is 0. The van der Waals surface area contributed by atoms with Crippen LogP contribution in [-0.4, -0.2) is 26.5 Å². The van der Waals surface area contributed by atoms with E-state index in [1.165, 1.54) is 0 Å². The van der Waals surface area contributed by atoms with Crippen molar-refractivity contribution < 1.29 is 0 Å². The molecule has 0 spiro atoms. The van der Waals surface area contributed by atoms with Crippen molar-refractivity contribution in [3.8, 4) is 0 Å². The average Bonchev–Trinajstić information content (AvgIpc) is 2.45. The molecule has 74 valence electrons. The molecule has 0 saturated heterocycles. The van der Waals surface area contributed by atoms with Crippen molar-refractivity contribution in [2.75, 3.05) is 11.9 Å². The third-order valence-electron chi connectivity index (χ3n) is 1.66. The lowest BCUT2D eigenvalue weighted by atomic mass is 10.6. The molecule has 2 rings (SSSR count). The Labute approximate surface area is 83.7 Å². The summed E-state index contributed by atoms with van der Waals surface area (Å²) in [6.07, 6.45) is 0. The van der Waals surface area contributed by atoms with Crippen molar-refractivity contribution in [1.82, 2.24) is 19.9 Å². The van der Waals surface area contributed by atoms with Gasteiger partial charge in [-0.15, -0.1) is 0 Å². The summed E-state index contributed by atoms with van der Waals surface area (Å²) in [6.45, 7) is 2.61. The largest absolute Gasteiger partial charge is 0.368 e. The van der Waals surface area contributed by atoms with Gasteiger partial charge in [-0.1, -0.05) is 11.6 Å². The Bertz CT molecular complexity index is 516. The predicted octanol–water partition coefficient (Wildman–Crippen LogP) is 0.731. The van der Waals surface area contributed by atoms with Gasteiger partial charge in [0.1, 0.15) is 0 Å². The molecule has 0 radical (unpaired) electrons. The SMILES string of the molecule is CCNc1nc2[nH]c(=O)[nH]c2nc1Cl. The highest BCUT2D eigenvalue weighted by Crippen LogP contribution is 2.17. The molecule has 2 heterocycles. The summed E-state index contributed by atoms with van der Waals surface area (Å²) < 4.78 is 0. The summed E-state index contributed by atoms with van der Waals surface area (Å²) in [7, 11) is 0. The fourth-order valence-electron chi connectivity index (χ4n) is 1.12. The first-order valence-corrected chi connectivity index (χ1v) is 4.48. The number of aromatic nitrogens is 4. The van der Waals surface area contributed by atoms with E-state index in [1.54, 1.807) is 0 Å². The number of nitrogens with zero attached hydrogens (tertiary/aromatic N) is 2. The van der Waals surface area contributed by atoms with Crippen LogP contribution in [0.1, 0.15) is 6.92 Å². The molecule has 2 aromatic heterocycles. The first-order valence-electron chi connectivity index (χ1n) is 4.10. The number of fused-ring (bicyclic) bond motifs is 1. The molecule has 6 nitrogen and oxygen atoms in total. The van der Waals surface area contributed by atoms with Gasteiger partial charge in [0.2, 0.25) is 0 Å². The quantitative estimate of drug-likeness (QED) is 0.687. The Morgan fingerprint density at radius 1 is 1.36 bits per heavy atom. The standard InChI is InChI=1S/C7H8ClN5O/c1-2-9-4-3(8)10-5-6(11-4)13-7(14)12-5/h2H2,1H3,(H3,9,10,11,12,13,14). The van der Waals surface area contributed by atoms with Gasteiger partial charge in [-0.2, -0.15) is 0 Å². The lowest BCUT2D eigenvalue weighted by Gasteiger charge is -2.02. The lowest BCUT2D eigenvalue weighted by molar-refractivity contribution is 1.14. The van der Waals surface area contributed by atoms with Crippen LogP contribution in [-0.2, 0) is 0 Å². The van der Waals surface area contributed by atoms with Crippen LogP contribution in [0.5, 0.6) is 0 Å². The summed E-state index contributed by atoms with van der Waals surface area (Å²) >= 11 is 5.82. The smallest absolute Gasteiger partial charge is 0.326 e. The van der Waals surface area contributed by atoms with Gasteiger partial charge < -0.3 is 5.32 Å². The summed E-state index contributed by atoms with van der Waals surface area (Å²) in [5.41, 5.74) is 0.418. The lowest BCUT2D eigenvalue weighted by Crippen LogP contribution is -2.01. The highest BCUT2D eigenvalue weighted by Gasteiger charge is 2.07. The van der Waals surface area contributed by atoms with Crippen molar-refractivity contribution >= 4 is 28.7 Å². The van der Waals surface area contributed by atoms with Crippen molar-refractivity contribution in [2.45, 2.75) is 6.92 Å². The predicted molar refractivity (Wildman–Crippen MR) is 53.7 cm³/mol. The molecule has 0 bridgehead atoms. The van der Waals surface area contributed by atoms with Gasteiger partial charge in [0.15, 0.2) is 22.3 Å². The highest BCUT2D eigenvalue weighted by molar-refractivity contribution is 6.32. The van der Waals surface area contributed by atoms with Gasteiger partial charge in [-0.3, -0.25) is 9.97 Å². The van der Waals surface area contributed by atoms with Crippen LogP contribution in [0, 0.1) is 0 Å². The number of aromatic amines is 2. The summed E-state index contributed by atoms with van der Waals surface area (Å²) in [5, 5.41) is 3.18. The van der Waals surface area contributed by atoms with Crippen LogP contribution >= 0.6 is 11.6 Å². The molecule has 0 aromatic carbocycles. The zero-order valence-corrected chi connectivity index (χ0v) is 8.14. The molecule has 0 unspecified atom stereocenters. The summed E-state index contributed by atoms with van der Waals surface area (Å²) in [4.78, 5) is 23.9. The molecule has 0 fully saturated rings. The number of H-pyrrole nitrogens is 2. The Morgan fingerprint density at radius 3 is 2.64 bits per heavy atom. The third kappa shape index (κ3) is 1.44. The maximum atomic E-state index is 10.9. The van der Waals surface area contributed by atoms with Crippen molar-refractivity contribution in [1.29, 1.82) is 0 Å². The second kappa shape index (κ2) is 3.30. The minimum atomic E-state index is -0.343. The Kier molecular flexibility index (Phi) is 2.12. The molecule has 2 aromatic rings. The maximum absolute atomic E-state index is 10.9. The first-order chi connectivity index (χ1) is 6.70. The maximum Gasteiger partial charge on any atom is 0.326 e. The number of imidazole rings is 1. The van der Waals surface area contributed by atoms with E-state index in [4.69, 9.17) is 11.6 Å². The molecule has 14 heavy (non-hydrogen) atoms. The zero-order chi connectivity index (χ0) is 10.1. The van der Waals surface area contributed by atoms with E-state index in [-0.39, 0.29) is 10.8 Å². The normalized spacial score (nSPS) is 10.7. The number of rotatable bonds is 2. The van der Waals surface area contributed by atoms with Crippen LogP contribution in [0.15, 0.2) is 4.79 Å². The number of halogens is 1. The monoisotopic (exact) mass is 213 g/mol. The van der Waals surface area contributed by atoms with Crippen LogP contribution in [0.4, 0.5) is 5.82 Å². The topological polar surface area (TPSA) is 86.5 Å². The van der Waals surface area contributed by atoms with Gasteiger partial charge in [-0.05, 0) is 6.92 Å². The second-order valence-corrected chi connectivity index (χ2v) is 3.03. The molecule has 0 aliphatic heterocycles. The molecular formula is C7H8ClN5O. The van der Waals surface area contributed by atoms with Crippen LogP contribution in [0.3, 0.4) is 0 Å². The average molecular weight is 214 g/mol. The van der Waals surface area contributed by atoms with Crippen molar-refractivity contribution in [3.05, 3.63) is 15.6 Å². The second-order valence-electron chi connectivity index (χ2n) is 2.67. The van der Waals surface area contributed by atoms with Gasteiger partial charge in [0.25, 0.3) is 0 Å². The molecule has 0 aliphatic carbocycles. The van der Waals surface area contributed by atoms with Gasteiger partial charge in [0.05, 0.1) is 0 Å². The minimum absolute atomic E-state index is 0.245. The Balaban J connectivity index is 2.63. The fourth-order valence-corrected chi connectivity index (χ4v) is 1.31. The van der Waals surface area contributed by atoms with E-state index in [9.17, 15) is 4.79 Å². The van der Waals surface area contributed by atoms with E-state index in [2.05, 4.69) is 25.3 Å². The van der Waals surface area contributed by atoms with Crippen molar-refractivity contribution in [3.63, 3.8) is 0 Å². The molecule has 0 amide bonds. The molecule has 7 heteroatoms. The third-order valence-corrected chi connectivity index (χ3v) is 1.92. The van der Waals surface area contributed by atoms with E-state index in [0.29, 0.717) is 23.7 Å². The molecule has 0 aliphatic rings. The van der Waals surface area contributed by atoms with E-state index in [0.717, 1.165) is 0 Å². The number of anilines is 1. The van der Waals surface area contributed by atoms with E-state index in [1.807, 2.05) is 6.92 Å². The zero-order valence-electron chi connectivity index (χ0n) is 7.39. The fraction of sp³-hybridized carbons (Fsp3) is 0.286.